The normalized spacial score (nSPS) is 17.2. The van der Waals surface area contributed by atoms with Crippen LogP contribution in [0.25, 0.3) is 11.0 Å². The van der Waals surface area contributed by atoms with Gasteiger partial charge in [0.05, 0.1) is 23.4 Å². The number of piperazine rings is 1. The molecule has 0 bridgehead atoms. The van der Waals surface area contributed by atoms with Crippen LogP contribution in [0, 0.1) is 6.92 Å². The molecule has 1 aromatic carbocycles. The van der Waals surface area contributed by atoms with E-state index in [9.17, 15) is 0 Å². The lowest BCUT2D eigenvalue weighted by molar-refractivity contribution is 0.187. The molecule has 0 radical (unpaired) electrons. The first-order valence-electron chi connectivity index (χ1n) is 14.5. The summed E-state index contributed by atoms with van der Waals surface area (Å²) in [6, 6.07) is 10.3. The van der Waals surface area contributed by atoms with E-state index in [1.165, 1.54) is 5.56 Å². The van der Waals surface area contributed by atoms with Crippen molar-refractivity contribution < 1.29 is 9.47 Å². The van der Waals surface area contributed by atoms with Gasteiger partial charge in [0.1, 0.15) is 24.2 Å². The van der Waals surface area contributed by atoms with Crippen LogP contribution in [0.3, 0.4) is 0 Å². The standard InChI is InChI=1S/C32H38N8O2/c1-7-20(3)24-14-29(33-16-26(24)39(6)8-2)42-27-10-9-22(13-21(27)4)36-31-30-25(34-19-35-31)15-28-32(37-30)40-12-11-38(5)17-23(40)18-41-28/h8-10,13-16,19-20,23H,2,7,11-12,17-18H2,1,3-6H3,(H,34,35,36). The monoisotopic (exact) mass is 566 g/mol. The summed E-state index contributed by atoms with van der Waals surface area (Å²) in [6.45, 7) is 13.8. The van der Waals surface area contributed by atoms with E-state index in [1.807, 2.05) is 55.4 Å². The van der Waals surface area contributed by atoms with Crippen LogP contribution in [-0.2, 0) is 0 Å². The molecule has 0 spiro atoms. The summed E-state index contributed by atoms with van der Waals surface area (Å²) >= 11 is 0. The number of aryl methyl sites for hydroxylation is 1. The summed E-state index contributed by atoms with van der Waals surface area (Å²) < 4.78 is 12.4. The molecule has 218 valence electrons. The fourth-order valence-corrected chi connectivity index (χ4v) is 5.58. The van der Waals surface area contributed by atoms with Crippen molar-refractivity contribution in [3.63, 3.8) is 0 Å². The molecule has 6 rings (SSSR count). The number of nitrogens with zero attached hydrogens (tertiary/aromatic N) is 7. The van der Waals surface area contributed by atoms with Gasteiger partial charge in [-0.1, -0.05) is 20.4 Å². The van der Waals surface area contributed by atoms with Crippen molar-refractivity contribution in [1.82, 2.24) is 24.8 Å². The Bertz CT molecular complexity index is 1630. The number of likely N-dealkylation sites (N-methyl/N-ethyl adjacent to an activating group) is 1. The number of ether oxygens (including phenoxy) is 2. The third kappa shape index (κ3) is 5.30. The van der Waals surface area contributed by atoms with Crippen LogP contribution in [-0.4, -0.2) is 71.2 Å². The molecule has 2 atom stereocenters. The molecule has 2 aliphatic rings. The summed E-state index contributed by atoms with van der Waals surface area (Å²) in [5, 5.41) is 3.46. The molecule has 0 amide bonds. The summed E-state index contributed by atoms with van der Waals surface area (Å²) in [6.07, 6.45) is 6.21. The maximum atomic E-state index is 6.26. The molecule has 5 heterocycles. The first kappa shape index (κ1) is 27.7. The molecule has 1 fully saturated rings. The molecule has 2 aliphatic heterocycles. The van der Waals surface area contributed by atoms with E-state index in [4.69, 9.17) is 14.5 Å². The zero-order valence-electron chi connectivity index (χ0n) is 25.0. The van der Waals surface area contributed by atoms with Crippen molar-refractivity contribution in [2.45, 2.75) is 39.2 Å². The van der Waals surface area contributed by atoms with Crippen molar-refractivity contribution in [3.8, 4) is 17.4 Å². The van der Waals surface area contributed by atoms with Crippen molar-refractivity contribution in [3.05, 3.63) is 66.8 Å². The molecule has 2 unspecified atom stereocenters. The summed E-state index contributed by atoms with van der Waals surface area (Å²) in [5.41, 5.74) is 5.51. The number of benzene rings is 1. The van der Waals surface area contributed by atoms with Gasteiger partial charge in [-0.25, -0.2) is 19.9 Å². The van der Waals surface area contributed by atoms with Gasteiger partial charge in [0, 0.05) is 44.5 Å². The topological polar surface area (TPSA) is 91.8 Å². The molecule has 1 saturated heterocycles. The van der Waals surface area contributed by atoms with E-state index >= 15 is 0 Å². The second-order valence-corrected chi connectivity index (χ2v) is 11.2. The van der Waals surface area contributed by atoms with Crippen molar-refractivity contribution in [1.29, 1.82) is 0 Å². The lowest BCUT2D eigenvalue weighted by Crippen LogP contribution is -2.56. The number of hydrogen-bond acceptors (Lipinski definition) is 10. The van der Waals surface area contributed by atoms with Crippen LogP contribution in [0.1, 0.15) is 37.3 Å². The molecule has 10 nitrogen and oxygen atoms in total. The molecule has 3 aromatic heterocycles. The Morgan fingerprint density at radius 3 is 2.86 bits per heavy atom. The number of aromatic nitrogens is 4. The Morgan fingerprint density at radius 2 is 2.07 bits per heavy atom. The number of anilines is 4. The highest BCUT2D eigenvalue weighted by atomic mass is 16.5. The number of nitrogens with one attached hydrogen (secondary N) is 1. The minimum Gasteiger partial charge on any atom is -0.487 e. The molecule has 0 saturated carbocycles. The van der Waals surface area contributed by atoms with E-state index in [-0.39, 0.29) is 6.04 Å². The number of pyridine rings is 2. The van der Waals surface area contributed by atoms with Crippen LogP contribution < -0.4 is 24.6 Å². The lowest BCUT2D eigenvalue weighted by atomic mass is 9.97. The first-order chi connectivity index (χ1) is 20.3. The molecule has 42 heavy (non-hydrogen) atoms. The van der Waals surface area contributed by atoms with E-state index in [2.05, 4.69) is 57.5 Å². The third-order valence-corrected chi connectivity index (χ3v) is 8.28. The van der Waals surface area contributed by atoms with Crippen LogP contribution in [0.2, 0.25) is 0 Å². The van der Waals surface area contributed by atoms with Gasteiger partial charge in [-0.3, -0.25) is 0 Å². The predicted octanol–water partition coefficient (Wildman–Crippen LogP) is 5.87. The van der Waals surface area contributed by atoms with Crippen LogP contribution in [0.15, 0.2) is 55.6 Å². The van der Waals surface area contributed by atoms with Crippen LogP contribution >= 0.6 is 0 Å². The Hall–Kier alpha value is -4.44. The fraction of sp³-hybridized carbons (Fsp3) is 0.375. The highest BCUT2D eigenvalue weighted by molar-refractivity contribution is 5.90. The van der Waals surface area contributed by atoms with Crippen LogP contribution in [0.4, 0.5) is 23.0 Å². The average Bonchev–Trinajstić information content (AvgIpc) is 3.00. The molecule has 4 aromatic rings. The number of hydrogen-bond donors (Lipinski definition) is 1. The van der Waals surface area contributed by atoms with E-state index in [0.29, 0.717) is 29.7 Å². The third-order valence-electron chi connectivity index (χ3n) is 8.28. The maximum absolute atomic E-state index is 6.26. The maximum Gasteiger partial charge on any atom is 0.219 e. The second kappa shape index (κ2) is 11.4. The second-order valence-electron chi connectivity index (χ2n) is 11.2. The van der Waals surface area contributed by atoms with Gasteiger partial charge in [0.15, 0.2) is 17.4 Å². The van der Waals surface area contributed by atoms with Gasteiger partial charge in [-0.05, 0) is 61.8 Å². The first-order valence-corrected chi connectivity index (χ1v) is 14.5. The number of fused-ring (bicyclic) bond motifs is 4. The molecular formula is C32H38N8O2. The number of rotatable bonds is 8. The Balaban J connectivity index is 1.25. The minimum atomic E-state index is 0.285. The summed E-state index contributed by atoms with van der Waals surface area (Å²) in [4.78, 5) is 25.3. The predicted molar refractivity (Wildman–Crippen MR) is 168 cm³/mol. The van der Waals surface area contributed by atoms with Gasteiger partial charge in [0.25, 0.3) is 0 Å². The molecular weight excluding hydrogens is 528 g/mol. The zero-order valence-corrected chi connectivity index (χ0v) is 25.0. The largest absolute Gasteiger partial charge is 0.487 e. The SMILES string of the molecule is C=CN(C)c1cnc(Oc2ccc(Nc3ncnc4cc5c(nc34)N3CCN(C)CC3CO5)cc2C)cc1C(C)CC. The van der Waals surface area contributed by atoms with Gasteiger partial charge >= 0.3 is 0 Å². The quantitative estimate of drug-likeness (QED) is 0.279. The lowest BCUT2D eigenvalue weighted by Gasteiger charge is -2.43. The molecule has 1 N–H and O–H groups in total. The van der Waals surface area contributed by atoms with Crippen molar-refractivity contribution >= 4 is 34.0 Å². The zero-order chi connectivity index (χ0) is 29.4. The van der Waals surface area contributed by atoms with E-state index in [1.54, 1.807) is 12.5 Å². The smallest absolute Gasteiger partial charge is 0.219 e. The Kier molecular flexibility index (Phi) is 7.55. The van der Waals surface area contributed by atoms with E-state index < -0.39 is 0 Å². The fourth-order valence-electron chi connectivity index (χ4n) is 5.58. The molecule has 0 aliphatic carbocycles. The molecule has 10 heteroatoms. The van der Waals surface area contributed by atoms with Crippen molar-refractivity contribution in [2.24, 2.45) is 0 Å². The van der Waals surface area contributed by atoms with Crippen LogP contribution in [0.5, 0.6) is 17.4 Å². The minimum absolute atomic E-state index is 0.285. The van der Waals surface area contributed by atoms with Gasteiger partial charge < -0.3 is 29.5 Å². The Morgan fingerprint density at radius 1 is 1.21 bits per heavy atom. The highest BCUT2D eigenvalue weighted by Gasteiger charge is 2.33. The van der Waals surface area contributed by atoms with Crippen molar-refractivity contribution in [2.75, 3.05) is 55.5 Å². The van der Waals surface area contributed by atoms with Gasteiger partial charge in [0.2, 0.25) is 5.88 Å². The van der Waals surface area contributed by atoms with Gasteiger partial charge in [-0.15, -0.1) is 0 Å². The summed E-state index contributed by atoms with van der Waals surface area (Å²) in [5.74, 6) is 3.95. The average molecular weight is 567 g/mol. The highest BCUT2D eigenvalue weighted by Crippen LogP contribution is 2.38. The van der Waals surface area contributed by atoms with Gasteiger partial charge in [-0.2, -0.15) is 0 Å². The summed E-state index contributed by atoms with van der Waals surface area (Å²) in [7, 11) is 4.13. The Labute approximate surface area is 247 Å². The van der Waals surface area contributed by atoms with E-state index in [0.717, 1.165) is 65.8 Å².